The lowest BCUT2D eigenvalue weighted by Gasteiger charge is -2.28. The Morgan fingerprint density at radius 2 is 2.00 bits per heavy atom. The van der Waals surface area contributed by atoms with Gasteiger partial charge in [-0.1, -0.05) is 18.2 Å². The number of nitrogens with one attached hydrogen (secondary N) is 1. The minimum Gasteiger partial charge on any atom is -0.479 e. The van der Waals surface area contributed by atoms with E-state index in [1.165, 1.54) is 35.8 Å². The molecule has 8 nitrogen and oxygen atoms in total. The van der Waals surface area contributed by atoms with E-state index in [0.717, 1.165) is 11.3 Å². The first-order valence-electron chi connectivity index (χ1n) is 8.25. The summed E-state index contributed by atoms with van der Waals surface area (Å²) in [4.78, 5) is 37.3. The summed E-state index contributed by atoms with van der Waals surface area (Å²) in [5, 5.41) is 15.9. The van der Waals surface area contributed by atoms with Gasteiger partial charge in [-0.15, -0.1) is 0 Å². The number of amides is 2. The van der Waals surface area contributed by atoms with Gasteiger partial charge in [0.15, 0.2) is 5.54 Å². The molecule has 0 spiro atoms. The van der Waals surface area contributed by atoms with E-state index < -0.39 is 11.5 Å². The van der Waals surface area contributed by atoms with Crippen LogP contribution in [0.4, 0.5) is 11.4 Å². The fourth-order valence-electron chi connectivity index (χ4n) is 2.80. The monoisotopic (exact) mass is 356 g/mol. The molecule has 3 rings (SSSR count). The van der Waals surface area contributed by atoms with Crippen LogP contribution in [0.5, 0.6) is 0 Å². The zero-order valence-corrected chi connectivity index (χ0v) is 14.6. The molecule has 0 unspecified atom stereocenters. The zero-order chi connectivity index (χ0) is 18.9. The molecule has 0 saturated carbocycles. The van der Waals surface area contributed by atoms with Gasteiger partial charge in [0.25, 0.3) is 0 Å². The third-order valence-electron chi connectivity index (χ3n) is 4.46. The summed E-state index contributed by atoms with van der Waals surface area (Å²) in [6.45, 7) is 2.91. The second-order valence-corrected chi connectivity index (χ2v) is 6.69. The second kappa shape index (κ2) is 6.62. The fraction of sp³-hybridized carbons (Fsp3) is 0.333. The van der Waals surface area contributed by atoms with Gasteiger partial charge in [0, 0.05) is 18.3 Å². The normalized spacial score (nSPS) is 14.1. The number of nitrogens with zero attached hydrogens (tertiary/aromatic N) is 3. The van der Waals surface area contributed by atoms with Crippen molar-refractivity contribution in [2.45, 2.75) is 32.2 Å². The number of carboxylic acids is 1. The van der Waals surface area contributed by atoms with E-state index in [1.54, 1.807) is 0 Å². The predicted octanol–water partition coefficient (Wildman–Crippen LogP) is 1.62. The molecule has 0 aliphatic carbocycles. The Labute approximate surface area is 150 Å². The highest BCUT2D eigenvalue weighted by molar-refractivity contribution is 6.04. The molecule has 136 valence electrons. The van der Waals surface area contributed by atoms with Crippen molar-refractivity contribution < 1.29 is 19.5 Å². The number of para-hydroxylation sites is 1. The Bertz CT molecular complexity index is 872. The highest BCUT2D eigenvalue weighted by Crippen LogP contribution is 2.27. The number of fused-ring (bicyclic) bond motifs is 1. The SMILES string of the molecule is CC(C)(C(=O)O)n1cc(NC(=O)CN2C(=O)CCc3ccccc32)cn1. The molecule has 0 atom stereocenters. The van der Waals surface area contributed by atoms with E-state index in [4.69, 9.17) is 0 Å². The molecular weight excluding hydrogens is 336 g/mol. The highest BCUT2D eigenvalue weighted by Gasteiger charge is 2.30. The maximum Gasteiger partial charge on any atom is 0.331 e. The molecule has 2 aromatic rings. The van der Waals surface area contributed by atoms with E-state index >= 15 is 0 Å². The van der Waals surface area contributed by atoms with E-state index in [2.05, 4.69) is 10.4 Å². The lowest BCUT2D eigenvalue weighted by molar-refractivity contribution is -0.146. The van der Waals surface area contributed by atoms with Crippen LogP contribution < -0.4 is 10.2 Å². The van der Waals surface area contributed by atoms with Crippen LogP contribution in [0.2, 0.25) is 0 Å². The second-order valence-electron chi connectivity index (χ2n) is 6.69. The molecule has 2 heterocycles. The highest BCUT2D eigenvalue weighted by atomic mass is 16.4. The number of carbonyl (C=O) groups excluding carboxylic acids is 2. The number of benzene rings is 1. The summed E-state index contributed by atoms with van der Waals surface area (Å²) in [6.07, 6.45) is 3.88. The Kier molecular flexibility index (Phi) is 4.50. The number of carboxylic acid groups (broad SMARTS) is 1. The van der Waals surface area contributed by atoms with Crippen LogP contribution >= 0.6 is 0 Å². The van der Waals surface area contributed by atoms with Crippen molar-refractivity contribution >= 4 is 29.2 Å². The maximum absolute atomic E-state index is 12.4. The summed E-state index contributed by atoms with van der Waals surface area (Å²) in [6, 6.07) is 7.52. The van der Waals surface area contributed by atoms with E-state index in [9.17, 15) is 19.5 Å². The predicted molar refractivity (Wildman–Crippen MR) is 94.9 cm³/mol. The first-order valence-corrected chi connectivity index (χ1v) is 8.25. The van der Waals surface area contributed by atoms with Crippen LogP contribution in [0.15, 0.2) is 36.7 Å². The van der Waals surface area contributed by atoms with Gasteiger partial charge in [-0.25, -0.2) is 4.79 Å². The average Bonchev–Trinajstić information content (AvgIpc) is 3.06. The Hall–Kier alpha value is -3.16. The third kappa shape index (κ3) is 3.30. The molecule has 0 bridgehead atoms. The van der Waals surface area contributed by atoms with Gasteiger partial charge in [-0.2, -0.15) is 5.10 Å². The number of rotatable bonds is 5. The maximum atomic E-state index is 12.4. The van der Waals surface area contributed by atoms with Crippen LogP contribution in [0, 0.1) is 0 Å². The van der Waals surface area contributed by atoms with Crippen LogP contribution in [0.25, 0.3) is 0 Å². The van der Waals surface area contributed by atoms with Gasteiger partial charge in [-0.3, -0.25) is 14.3 Å². The smallest absolute Gasteiger partial charge is 0.331 e. The number of hydrogen-bond acceptors (Lipinski definition) is 4. The van der Waals surface area contributed by atoms with Crippen LogP contribution in [-0.2, 0) is 26.3 Å². The number of aromatic nitrogens is 2. The number of carbonyl (C=O) groups is 3. The minimum absolute atomic E-state index is 0.0958. The molecule has 0 saturated heterocycles. The van der Waals surface area contributed by atoms with Crippen LogP contribution in [-0.4, -0.2) is 39.2 Å². The molecule has 2 amide bonds. The van der Waals surface area contributed by atoms with Crippen molar-refractivity contribution in [3.63, 3.8) is 0 Å². The van der Waals surface area contributed by atoms with Gasteiger partial charge >= 0.3 is 5.97 Å². The van der Waals surface area contributed by atoms with Crippen molar-refractivity contribution in [3.8, 4) is 0 Å². The quantitative estimate of drug-likeness (QED) is 0.847. The van der Waals surface area contributed by atoms with Crippen molar-refractivity contribution in [1.29, 1.82) is 0 Å². The summed E-state index contributed by atoms with van der Waals surface area (Å²) < 4.78 is 1.27. The van der Waals surface area contributed by atoms with Gasteiger partial charge < -0.3 is 15.3 Å². The summed E-state index contributed by atoms with van der Waals surface area (Å²) in [7, 11) is 0. The molecule has 1 aliphatic heterocycles. The third-order valence-corrected chi connectivity index (χ3v) is 4.46. The summed E-state index contributed by atoms with van der Waals surface area (Å²) in [5.74, 6) is -1.50. The molecule has 1 aliphatic rings. The molecule has 26 heavy (non-hydrogen) atoms. The molecule has 1 aromatic carbocycles. The largest absolute Gasteiger partial charge is 0.479 e. The number of hydrogen-bond donors (Lipinski definition) is 2. The van der Waals surface area contributed by atoms with Crippen molar-refractivity contribution in [3.05, 3.63) is 42.2 Å². The van der Waals surface area contributed by atoms with Crippen molar-refractivity contribution in [2.75, 3.05) is 16.8 Å². The van der Waals surface area contributed by atoms with Crippen molar-refractivity contribution in [1.82, 2.24) is 9.78 Å². The first-order chi connectivity index (χ1) is 12.3. The average molecular weight is 356 g/mol. The molecule has 1 aromatic heterocycles. The van der Waals surface area contributed by atoms with E-state index in [-0.39, 0.29) is 18.4 Å². The number of anilines is 2. The standard InChI is InChI=1S/C18H20N4O4/c1-18(2,17(25)26)22-10-13(9-19-22)20-15(23)11-21-14-6-4-3-5-12(14)7-8-16(21)24/h3-6,9-10H,7-8,11H2,1-2H3,(H,20,23)(H,25,26). The lowest BCUT2D eigenvalue weighted by Crippen LogP contribution is -2.40. The number of aliphatic carboxylic acids is 1. The fourth-order valence-corrected chi connectivity index (χ4v) is 2.80. The minimum atomic E-state index is -1.23. The zero-order valence-electron chi connectivity index (χ0n) is 14.6. The van der Waals surface area contributed by atoms with E-state index in [1.807, 2.05) is 24.3 Å². The molecule has 8 heteroatoms. The lowest BCUT2D eigenvalue weighted by atomic mass is 10.0. The topological polar surface area (TPSA) is 105 Å². The number of aryl methyl sites for hydroxylation is 1. The Balaban J connectivity index is 1.71. The molecular formula is C18H20N4O4. The van der Waals surface area contributed by atoms with E-state index in [0.29, 0.717) is 18.5 Å². The molecule has 2 N–H and O–H groups in total. The molecule has 0 radical (unpaired) electrons. The Morgan fingerprint density at radius 3 is 2.73 bits per heavy atom. The molecule has 0 fully saturated rings. The van der Waals surface area contributed by atoms with Gasteiger partial charge in [-0.05, 0) is 31.9 Å². The Morgan fingerprint density at radius 1 is 1.27 bits per heavy atom. The van der Waals surface area contributed by atoms with Crippen molar-refractivity contribution in [2.24, 2.45) is 0 Å². The summed E-state index contributed by atoms with van der Waals surface area (Å²) in [5.41, 5.74) is 0.935. The first kappa shape index (κ1) is 17.7. The van der Waals surface area contributed by atoms with Gasteiger partial charge in [0.1, 0.15) is 6.54 Å². The van der Waals surface area contributed by atoms with Crippen LogP contribution in [0.3, 0.4) is 0 Å². The van der Waals surface area contributed by atoms with Crippen LogP contribution in [0.1, 0.15) is 25.8 Å². The summed E-state index contributed by atoms with van der Waals surface area (Å²) >= 11 is 0. The van der Waals surface area contributed by atoms with Gasteiger partial charge in [0.05, 0.1) is 11.9 Å². The van der Waals surface area contributed by atoms with Gasteiger partial charge in [0.2, 0.25) is 11.8 Å².